The maximum absolute atomic E-state index is 13.4. The van der Waals surface area contributed by atoms with Crippen LogP contribution in [0, 0.1) is 29.8 Å². The van der Waals surface area contributed by atoms with Crippen molar-refractivity contribution in [2.24, 2.45) is 5.10 Å². The molecule has 1 aromatic heterocycles. The van der Waals surface area contributed by atoms with E-state index in [4.69, 9.17) is 0 Å². The number of aryl methyl sites for hydroxylation is 1. The number of rotatable bonds is 9. The van der Waals surface area contributed by atoms with Gasteiger partial charge in [0.15, 0.2) is 0 Å². The first-order valence-electron chi connectivity index (χ1n) is 11.7. The number of nitro benzene ring substituents is 1. The Balaban J connectivity index is 1.57. The van der Waals surface area contributed by atoms with Crippen molar-refractivity contribution in [1.82, 2.24) is 9.99 Å². The number of non-ortho nitro benzene ring substituents is 1. The van der Waals surface area contributed by atoms with Gasteiger partial charge in [-0.25, -0.2) is 18.2 Å². The third-order valence-electron chi connectivity index (χ3n) is 5.89. The summed E-state index contributed by atoms with van der Waals surface area (Å²) in [7, 11) is -4.24. The molecule has 1 heterocycles. The highest BCUT2D eigenvalue weighted by Gasteiger charge is 2.28. The summed E-state index contributed by atoms with van der Waals surface area (Å²) in [5, 5.41) is 15.3. The summed E-state index contributed by atoms with van der Waals surface area (Å²) in [6.45, 7) is 3.04. The predicted octanol–water partition coefficient (Wildman–Crippen LogP) is 4.49. The Morgan fingerprint density at radius 3 is 2.41 bits per heavy atom. The zero-order valence-corrected chi connectivity index (χ0v) is 21.8. The fourth-order valence-electron chi connectivity index (χ4n) is 4.04. The molecule has 0 aliphatic carbocycles. The first-order chi connectivity index (χ1) is 18.6. The average Bonchev–Trinajstić information content (AvgIpc) is 3.20. The average molecular weight is 550 g/mol. The number of sulfonamides is 1. The van der Waals surface area contributed by atoms with Gasteiger partial charge in [-0.15, -0.1) is 0 Å². The number of carbonyl (C=O) groups excluding carboxylic acids is 1. The predicted molar refractivity (Wildman–Crippen MR) is 145 cm³/mol. The molecule has 200 valence electrons. The highest BCUT2D eigenvalue weighted by Crippen LogP contribution is 2.27. The van der Waals surface area contributed by atoms with Crippen LogP contribution in [-0.4, -0.2) is 36.6 Å². The molecular formula is C27H24FN5O5S. The number of benzene rings is 3. The molecule has 0 saturated carbocycles. The molecule has 0 bridgehead atoms. The molecule has 1 N–H and O–H groups in total. The third kappa shape index (κ3) is 6.02. The number of nitrogens with zero attached hydrogens (tertiary/aromatic N) is 4. The van der Waals surface area contributed by atoms with Gasteiger partial charge in [0.2, 0.25) is 0 Å². The van der Waals surface area contributed by atoms with Crippen LogP contribution < -0.4 is 9.73 Å². The first-order valence-corrected chi connectivity index (χ1v) is 13.1. The van der Waals surface area contributed by atoms with Gasteiger partial charge in [0.25, 0.3) is 21.6 Å². The van der Waals surface area contributed by atoms with Crippen LogP contribution in [0.3, 0.4) is 0 Å². The van der Waals surface area contributed by atoms with Gasteiger partial charge in [-0.05, 0) is 62.4 Å². The summed E-state index contributed by atoms with van der Waals surface area (Å²) in [5.41, 5.74) is 5.05. The van der Waals surface area contributed by atoms with E-state index in [1.54, 1.807) is 18.2 Å². The monoisotopic (exact) mass is 549 g/mol. The van der Waals surface area contributed by atoms with Crippen molar-refractivity contribution in [3.05, 3.63) is 118 Å². The summed E-state index contributed by atoms with van der Waals surface area (Å²) in [5.74, 6) is -1.11. The van der Waals surface area contributed by atoms with Gasteiger partial charge in [-0.2, -0.15) is 5.10 Å². The van der Waals surface area contributed by atoms with Gasteiger partial charge in [0.05, 0.1) is 21.7 Å². The summed E-state index contributed by atoms with van der Waals surface area (Å²) >= 11 is 0. The molecule has 12 heteroatoms. The number of hydrazone groups is 1. The minimum atomic E-state index is -4.24. The Morgan fingerprint density at radius 1 is 1.05 bits per heavy atom. The second-order valence-corrected chi connectivity index (χ2v) is 10.4. The number of nitro groups is 1. The van der Waals surface area contributed by atoms with Crippen molar-refractivity contribution in [3.8, 4) is 5.69 Å². The third-order valence-corrected chi connectivity index (χ3v) is 7.68. The van der Waals surface area contributed by atoms with Gasteiger partial charge >= 0.3 is 0 Å². The molecule has 0 atom stereocenters. The molecule has 1 amide bonds. The van der Waals surface area contributed by atoms with Crippen molar-refractivity contribution < 1.29 is 22.5 Å². The smallest absolute Gasteiger partial charge is 0.271 e. The number of hydrogen-bond acceptors (Lipinski definition) is 6. The summed E-state index contributed by atoms with van der Waals surface area (Å²) in [6.07, 6.45) is 1.42. The largest absolute Gasteiger partial charge is 0.318 e. The first kappa shape index (κ1) is 27.2. The van der Waals surface area contributed by atoms with Gasteiger partial charge in [-0.3, -0.25) is 19.2 Å². The van der Waals surface area contributed by atoms with Gasteiger partial charge in [-0.1, -0.05) is 24.3 Å². The maximum atomic E-state index is 13.4. The van der Waals surface area contributed by atoms with Crippen molar-refractivity contribution in [3.63, 3.8) is 0 Å². The highest BCUT2D eigenvalue weighted by molar-refractivity contribution is 7.92. The Hall–Kier alpha value is -4.84. The molecule has 0 saturated heterocycles. The Bertz CT molecular complexity index is 1650. The summed E-state index contributed by atoms with van der Waals surface area (Å²) < 4.78 is 42.8. The van der Waals surface area contributed by atoms with E-state index in [1.165, 1.54) is 60.8 Å². The summed E-state index contributed by atoms with van der Waals surface area (Å²) in [4.78, 5) is 23.4. The van der Waals surface area contributed by atoms with Crippen LogP contribution in [0.25, 0.3) is 5.69 Å². The van der Waals surface area contributed by atoms with Crippen molar-refractivity contribution >= 4 is 33.5 Å². The lowest BCUT2D eigenvalue weighted by Crippen LogP contribution is -2.39. The van der Waals surface area contributed by atoms with Crippen LogP contribution in [0.2, 0.25) is 0 Å². The minimum Gasteiger partial charge on any atom is -0.318 e. The zero-order valence-electron chi connectivity index (χ0n) is 21.0. The maximum Gasteiger partial charge on any atom is 0.271 e. The number of aromatic nitrogens is 1. The van der Waals surface area contributed by atoms with E-state index in [0.717, 1.165) is 27.4 Å². The van der Waals surface area contributed by atoms with E-state index in [-0.39, 0.29) is 22.1 Å². The number of amides is 1. The van der Waals surface area contributed by atoms with Crippen LogP contribution in [-0.2, 0) is 14.8 Å². The fraction of sp³-hybridized carbons (Fsp3) is 0.111. The molecule has 4 rings (SSSR count). The van der Waals surface area contributed by atoms with Gasteiger partial charge < -0.3 is 4.57 Å². The van der Waals surface area contributed by atoms with Crippen molar-refractivity contribution in [1.29, 1.82) is 0 Å². The topological polar surface area (TPSA) is 127 Å². The lowest BCUT2D eigenvalue weighted by atomic mass is 10.2. The molecule has 10 nitrogen and oxygen atoms in total. The summed E-state index contributed by atoms with van der Waals surface area (Å²) in [6, 6.07) is 20.3. The number of anilines is 1. The van der Waals surface area contributed by atoms with E-state index >= 15 is 0 Å². The van der Waals surface area contributed by atoms with E-state index in [1.807, 2.05) is 24.5 Å². The van der Waals surface area contributed by atoms with Crippen LogP contribution in [0.1, 0.15) is 17.0 Å². The number of carbonyl (C=O) groups is 1. The van der Waals surface area contributed by atoms with Crippen LogP contribution in [0.4, 0.5) is 15.8 Å². The Labute approximate surface area is 224 Å². The molecule has 0 fully saturated rings. The molecule has 0 unspecified atom stereocenters. The number of nitrogens with one attached hydrogen (secondary N) is 1. The molecular weight excluding hydrogens is 525 g/mol. The lowest BCUT2D eigenvalue weighted by molar-refractivity contribution is -0.384. The standard InChI is InChI=1S/C27H24FN5O5S/c1-19-15-21(20(2)32(19)23-13-11-22(28)12-14-23)17-29-30-27(34)18-31(24-7-6-8-25(16-24)33(35)36)39(37,38)26-9-4-3-5-10-26/h3-17H,18H2,1-2H3,(H,30,34)/b29-17+. The van der Waals surface area contributed by atoms with Gasteiger partial charge in [0, 0.05) is 34.8 Å². The second kappa shape index (κ2) is 11.3. The van der Waals surface area contributed by atoms with Crippen molar-refractivity contribution in [2.45, 2.75) is 18.7 Å². The quantitative estimate of drug-likeness (QED) is 0.187. The van der Waals surface area contributed by atoms with E-state index in [0.29, 0.717) is 5.56 Å². The molecule has 0 radical (unpaired) electrons. The zero-order chi connectivity index (χ0) is 28.2. The molecule has 39 heavy (non-hydrogen) atoms. The van der Waals surface area contributed by atoms with Crippen LogP contribution in [0.15, 0.2) is 94.9 Å². The Morgan fingerprint density at radius 2 is 1.74 bits per heavy atom. The number of halogens is 1. The van der Waals surface area contributed by atoms with E-state index < -0.39 is 27.4 Å². The second-order valence-electron chi connectivity index (χ2n) is 8.53. The molecule has 0 aliphatic rings. The fourth-order valence-corrected chi connectivity index (χ4v) is 5.48. The molecule has 0 spiro atoms. The SMILES string of the molecule is Cc1cc(/C=N/NC(=O)CN(c2cccc([N+](=O)[O-])c2)S(=O)(=O)c2ccccc2)c(C)n1-c1ccc(F)cc1. The molecule has 4 aromatic rings. The van der Waals surface area contributed by atoms with Crippen LogP contribution in [0.5, 0.6) is 0 Å². The molecule has 0 aliphatic heterocycles. The Kier molecular flexibility index (Phi) is 7.86. The highest BCUT2D eigenvalue weighted by atomic mass is 32.2. The molecule has 3 aromatic carbocycles. The van der Waals surface area contributed by atoms with E-state index in [2.05, 4.69) is 10.5 Å². The van der Waals surface area contributed by atoms with Gasteiger partial charge in [0.1, 0.15) is 12.4 Å². The number of hydrogen-bond donors (Lipinski definition) is 1. The normalized spacial score (nSPS) is 11.5. The lowest BCUT2D eigenvalue weighted by Gasteiger charge is -2.23. The van der Waals surface area contributed by atoms with Crippen molar-refractivity contribution in [2.75, 3.05) is 10.8 Å². The van der Waals surface area contributed by atoms with E-state index in [9.17, 15) is 27.7 Å². The van der Waals surface area contributed by atoms with Crippen LogP contribution >= 0.6 is 0 Å². The minimum absolute atomic E-state index is 0.0463.